The highest BCUT2D eigenvalue weighted by Gasteiger charge is 2.32. The van der Waals surface area contributed by atoms with Crippen LogP contribution in [0.3, 0.4) is 0 Å². The summed E-state index contributed by atoms with van der Waals surface area (Å²) in [5.41, 5.74) is 9.14. The molecule has 0 aliphatic rings. The van der Waals surface area contributed by atoms with Gasteiger partial charge in [0.25, 0.3) is 0 Å². The van der Waals surface area contributed by atoms with Crippen molar-refractivity contribution in [3.8, 4) is 34.1 Å². The van der Waals surface area contributed by atoms with Crippen LogP contribution in [0.15, 0.2) is 60.8 Å². The number of hydrogen-bond donors (Lipinski definition) is 0. The molecule has 0 aliphatic heterocycles. The molecule has 0 saturated heterocycles. The third kappa shape index (κ3) is 5.32. The molecule has 39 heavy (non-hydrogen) atoms. The van der Waals surface area contributed by atoms with E-state index in [1.807, 2.05) is 18.2 Å². The molecule has 5 heteroatoms. The standard InChI is InChI=1S/C34H44N3O2/c1-21(2)25-14-11-15-26(22(3)4)33(25)36-20-29(32-30(38-9)18-13-19-31(32)39-10)37(35-36)34-27(23(5)6)16-12-17-28(34)24(7)8/h11-24H,1-10H3/q+1. The molecule has 4 rings (SSSR count). The highest BCUT2D eigenvalue weighted by Crippen LogP contribution is 2.39. The molecule has 0 radical (unpaired) electrons. The molecule has 0 spiro atoms. The molecule has 0 saturated carbocycles. The summed E-state index contributed by atoms with van der Waals surface area (Å²) < 4.78 is 16.0. The Hall–Kier alpha value is -3.60. The largest absolute Gasteiger partial charge is 0.496 e. The van der Waals surface area contributed by atoms with E-state index in [0.29, 0.717) is 23.7 Å². The third-order valence-electron chi connectivity index (χ3n) is 7.47. The summed E-state index contributed by atoms with van der Waals surface area (Å²) in [5, 5.41) is 5.37. The first-order chi connectivity index (χ1) is 18.6. The van der Waals surface area contributed by atoms with Gasteiger partial charge < -0.3 is 9.47 Å². The normalized spacial score (nSPS) is 11.7. The number of ether oxygens (including phenoxy) is 2. The summed E-state index contributed by atoms with van der Waals surface area (Å²) in [5.74, 6) is 2.81. The summed E-state index contributed by atoms with van der Waals surface area (Å²) in [6, 6.07) is 19.2. The molecule has 5 nitrogen and oxygen atoms in total. The summed E-state index contributed by atoms with van der Waals surface area (Å²) in [6.07, 6.45) is 2.15. The van der Waals surface area contributed by atoms with E-state index in [1.54, 1.807) is 14.2 Å². The van der Waals surface area contributed by atoms with Crippen molar-refractivity contribution >= 4 is 0 Å². The lowest BCUT2D eigenvalue weighted by atomic mass is 9.92. The van der Waals surface area contributed by atoms with E-state index in [1.165, 1.54) is 22.3 Å². The minimum absolute atomic E-state index is 0.318. The molecule has 3 aromatic carbocycles. The van der Waals surface area contributed by atoms with Crippen LogP contribution >= 0.6 is 0 Å². The van der Waals surface area contributed by atoms with Crippen LogP contribution in [-0.2, 0) is 0 Å². The van der Waals surface area contributed by atoms with Crippen LogP contribution in [0.25, 0.3) is 22.6 Å². The molecule has 0 amide bonds. The molecular weight excluding hydrogens is 482 g/mol. The van der Waals surface area contributed by atoms with Crippen molar-refractivity contribution in [2.45, 2.75) is 79.1 Å². The maximum Gasteiger partial charge on any atom is 0.212 e. The van der Waals surface area contributed by atoms with Crippen molar-refractivity contribution in [3.05, 3.63) is 83.0 Å². The van der Waals surface area contributed by atoms with Gasteiger partial charge in [-0.15, -0.1) is 4.68 Å². The van der Waals surface area contributed by atoms with Crippen LogP contribution in [0.5, 0.6) is 11.5 Å². The maximum absolute atomic E-state index is 5.90. The van der Waals surface area contributed by atoms with E-state index >= 15 is 0 Å². The molecule has 4 aromatic rings. The fraction of sp³-hybridized carbons (Fsp3) is 0.412. The van der Waals surface area contributed by atoms with Gasteiger partial charge in [0.15, 0.2) is 17.6 Å². The first-order valence-electron chi connectivity index (χ1n) is 14.1. The predicted molar refractivity (Wildman–Crippen MR) is 160 cm³/mol. The summed E-state index contributed by atoms with van der Waals surface area (Å²) in [7, 11) is 3.42. The summed E-state index contributed by atoms with van der Waals surface area (Å²) in [4.78, 5) is 0. The van der Waals surface area contributed by atoms with E-state index in [4.69, 9.17) is 14.7 Å². The summed E-state index contributed by atoms with van der Waals surface area (Å²) in [6.45, 7) is 18.0. The van der Waals surface area contributed by atoms with E-state index in [2.05, 4.69) is 107 Å². The second-order valence-corrected chi connectivity index (χ2v) is 11.5. The molecule has 0 atom stereocenters. The third-order valence-corrected chi connectivity index (χ3v) is 7.47. The topological polar surface area (TPSA) is 40.2 Å². The van der Waals surface area contributed by atoms with Gasteiger partial charge >= 0.3 is 0 Å². The van der Waals surface area contributed by atoms with Gasteiger partial charge in [0, 0.05) is 22.3 Å². The van der Waals surface area contributed by atoms with Crippen LogP contribution in [0.1, 0.15) is 101 Å². The van der Waals surface area contributed by atoms with E-state index in [-0.39, 0.29) is 0 Å². The van der Waals surface area contributed by atoms with Gasteiger partial charge in [0.1, 0.15) is 22.3 Å². The molecule has 0 aliphatic carbocycles. The molecule has 1 heterocycles. The molecule has 0 N–H and O–H groups in total. The quantitative estimate of drug-likeness (QED) is 0.206. The monoisotopic (exact) mass is 526 g/mol. The fourth-order valence-electron chi connectivity index (χ4n) is 5.42. The summed E-state index contributed by atoms with van der Waals surface area (Å²) >= 11 is 0. The average Bonchev–Trinajstić information content (AvgIpc) is 3.35. The van der Waals surface area contributed by atoms with Crippen LogP contribution in [0.2, 0.25) is 0 Å². The molecule has 206 valence electrons. The lowest BCUT2D eigenvalue weighted by Gasteiger charge is -2.17. The molecule has 0 bridgehead atoms. The van der Waals surface area contributed by atoms with Crippen LogP contribution in [0.4, 0.5) is 0 Å². The molecule has 0 unspecified atom stereocenters. The second-order valence-electron chi connectivity index (χ2n) is 11.5. The number of methoxy groups -OCH3 is 2. The van der Waals surface area contributed by atoms with Gasteiger partial charge in [0.2, 0.25) is 5.69 Å². The van der Waals surface area contributed by atoms with Crippen LogP contribution < -0.4 is 14.2 Å². The van der Waals surface area contributed by atoms with Crippen molar-refractivity contribution in [2.24, 2.45) is 0 Å². The highest BCUT2D eigenvalue weighted by atomic mass is 16.5. The van der Waals surface area contributed by atoms with Crippen LogP contribution in [0, 0.1) is 0 Å². The average molecular weight is 527 g/mol. The van der Waals surface area contributed by atoms with E-state index < -0.39 is 0 Å². The number of nitrogens with zero attached hydrogens (tertiary/aromatic N) is 3. The number of rotatable bonds is 9. The van der Waals surface area contributed by atoms with Gasteiger partial charge in [-0.1, -0.05) is 103 Å². The Morgan fingerprint density at radius 2 is 1.03 bits per heavy atom. The first-order valence-corrected chi connectivity index (χ1v) is 14.1. The van der Waals surface area contributed by atoms with Crippen molar-refractivity contribution in [1.82, 2.24) is 9.90 Å². The lowest BCUT2D eigenvalue weighted by Crippen LogP contribution is -2.39. The van der Waals surface area contributed by atoms with Gasteiger partial charge in [0.05, 0.1) is 14.2 Å². The lowest BCUT2D eigenvalue weighted by molar-refractivity contribution is -0.651. The van der Waals surface area contributed by atoms with Crippen molar-refractivity contribution in [2.75, 3.05) is 14.2 Å². The van der Waals surface area contributed by atoms with Crippen LogP contribution in [-0.4, -0.2) is 24.1 Å². The van der Waals surface area contributed by atoms with Gasteiger partial charge in [-0.2, -0.15) is 0 Å². The van der Waals surface area contributed by atoms with Crippen molar-refractivity contribution < 1.29 is 14.2 Å². The van der Waals surface area contributed by atoms with Gasteiger partial charge in [-0.05, 0) is 35.8 Å². The zero-order chi connectivity index (χ0) is 28.4. The molecule has 0 fully saturated rings. The SMILES string of the molecule is COc1cccc(OC)c1-c1cn(-c2c(C(C)C)cccc2C(C)C)n[n+]1-c1c(C(C)C)cccc1C(C)C. The Labute approximate surface area is 234 Å². The zero-order valence-corrected chi connectivity index (χ0v) is 25.2. The Morgan fingerprint density at radius 3 is 1.44 bits per heavy atom. The Kier molecular flexibility index (Phi) is 8.48. The fourth-order valence-corrected chi connectivity index (χ4v) is 5.42. The van der Waals surface area contributed by atoms with Crippen molar-refractivity contribution in [1.29, 1.82) is 0 Å². The highest BCUT2D eigenvalue weighted by molar-refractivity contribution is 5.73. The minimum Gasteiger partial charge on any atom is -0.496 e. The Morgan fingerprint density at radius 1 is 0.615 bits per heavy atom. The number of aromatic nitrogens is 3. The Balaban J connectivity index is 2.20. The molecular formula is C34H44N3O2+. The smallest absolute Gasteiger partial charge is 0.212 e. The second kappa shape index (κ2) is 11.6. The number of para-hydroxylation sites is 2. The Bertz CT molecular complexity index is 1370. The minimum atomic E-state index is 0.318. The van der Waals surface area contributed by atoms with Gasteiger partial charge in [-0.25, -0.2) is 0 Å². The van der Waals surface area contributed by atoms with E-state index in [9.17, 15) is 0 Å². The van der Waals surface area contributed by atoms with E-state index in [0.717, 1.165) is 34.1 Å². The van der Waals surface area contributed by atoms with Crippen molar-refractivity contribution in [3.63, 3.8) is 0 Å². The first kappa shape index (κ1) is 28.4. The van der Waals surface area contributed by atoms with Gasteiger partial charge in [-0.3, -0.25) is 0 Å². The maximum atomic E-state index is 5.90. The molecule has 1 aromatic heterocycles. The predicted octanol–water partition coefficient (Wildman–Crippen LogP) is 8.33. The zero-order valence-electron chi connectivity index (χ0n) is 25.2. The number of hydrogen-bond acceptors (Lipinski definition) is 3. The number of benzene rings is 3.